The van der Waals surface area contributed by atoms with Crippen LogP contribution in [0.1, 0.15) is 40.0 Å². The number of nitrogens with zero attached hydrogens (tertiary/aromatic N) is 1. The van der Waals surface area contributed by atoms with Crippen LogP contribution in [0, 0.1) is 0 Å². The summed E-state index contributed by atoms with van der Waals surface area (Å²) in [4.78, 5) is 2.69. The van der Waals surface area contributed by atoms with Crippen LogP contribution in [0.25, 0.3) is 0 Å². The van der Waals surface area contributed by atoms with Crippen molar-refractivity contribution in [3.8, 4) is 0 Å². The second-order valence-electron chi connectivity index (χ2n) is 5.76. The molecule has 1 aliphatic rings. The summed E-state index contributed by atoms with van der Waals surface area (Å²) in [5, 5.41) is 0. The Labute approximate surface area is 103 Å². The van der Waals surface area contributed by atoms with Gasteiger partial charge >= 0.3 is 0 Å². The summed E-state index contributed by atoms with van der Waals surface area (Å²) in [5.41, 5.74) is 1.43. The SMILES string of the molecule is C=C(C)C[Si](CCC)(CCC)CN1CCC1. The number of hydrogen-bond acceptors (Lipinski definition) is 1. The molecule has 94 valence electrons. The molecule has 0 bridgehead atoms. The Morgan fingerprint density at radius 2 is 1.75 bits per heavy atom. The highest BCUT2D eigenvalue weighted by Gasteiger charge is 2.34. The van der Waals surface area contributed by atoms with Crippen molar-refractivity contribution in [2.24, 2.45) is 0 Å². The molecule has 0 amide bonds. The molecule has 16 heavy (non-hydrogen) atoms. The van der Waals surface area contributed by atoms with Gasteiger partial charge in [0.15, 0.2) is 0 Å². The van der Waals surface area contributed by atoms with Crippen LogP contribution in [0.2, 0.25) is 18.1 Å². The quantitative estimate of drug-likeness (QED) is 0.456. The predicted molar refractivity (Wildman–Crippen MR) is 76.6 cm³/mol. The van der Waals surface area contributed by atoms with Crippen LogP contribution in [-0.4, -0.2) is 32.2 Å². The van der Waals surface area contributed by atoms with Crippen LogP contribution in [0.4, 0.5) is 0 Å². The predicted octanol–water partition coefficient (Wildman–Crippen LogP) is 4.08. The number of rotatable bonds is 8. The van der Waals surface area contributed by atoms with Gasteiger partial charge in [-0.15, -0.1) is 6.58 Å². The Morgan fingerprint density at radius 1 is 1.19 bits per heavy atom. The van der Waals surface area contributed by atoms with Gasteiger partial charge in [0.1, 0.15) is 0 Å². The normalized spacial score (nSPS) is 17.2. The molecule has 0 saturated carbocycles. The fraction of sp³-hybridized carbons (Fsp3) is 0.857. The summed E-state index contributed by atoms with van der Waals surface area (Å²) in [6.45, 7) is 13.8. The summed E-state index contributed by atoms with van der Waals surface area (Å²) in [6, 6.07) is 4.37. The van der Waals surface area contributed by atoms with E-state index < -0.39 is 8.07 Å². The van der Waals surface area contributed by atoms with Gasteiger partial charge in [-0.1, -0.05) is 44.4 Å². The van der Waals surface area contributed by atoms with E-state index in [1.807, 2.05) is 0 Å². The van der Waals surface area contributed by atoms with Crippen LogP contribution in [0.3, 0.4) is 0 Å². The highest BCUT2D eigenvalue weighted by Crippen LogP contribution is 2.29. The van der Waals surface area contributed by atoms with E-state index in [1.54, 1.807) is 0 Å². The zero-order chi connectivity index (χ0) is 12.0. The fourth-order valence-corrected chi connectivity index (χ4v) is 8.93. The van der Waals surface area contributed by atoms with Gasteiger partial charge in [-0.3, -0.25) is 0 Å². The third kappa shape index (κ3) is 4.06. The van der Waals surface area contributed by atoms with Gasteiger partial charge in [0.05, 0.1) is 8.07 Å². The van der Waals surface area contributed by atoms with Crippen LogP contribution in [0.5, 0.6) is 0 Å². The van der Waals surface area contributed by atoms with Gasteiger partial charge in [0, 0.05) is 0 Å². The third-order valence-electron chi connectivity index (χ3n) is 3.75. The molecule has 1 rings (SSSR count). The maximum absolute atomic E-state index is 4.17. The summed E-state index contributed by atoms with van der Waals surface area (Å²) in [6.07, 6.45) is 5.61. The molecule has 1 heterocycles. The first-order valence-corrected chi connectivity index (χ1v) is 9.81. The van der Waals surface area contributed by atoms with Crippen molar-refractivity contribution in [2.75, 3.05) is 19.3 Å². The lowest BCUT2D eigenvalue weighted by Gasteiger charge is -2.41. The average molecular weight is 239 g/mol. The van der Waals surface area contributed by atoms with Crippen molar-refractivity contribution >= 4 is 8.07 Å². The first-order valence-electron chi connectivity index (χ1n) is 6.98. The fourth-order valence-electron chi connectivity index (χ4n) is 3.23. The molecule has 0 aliphatic carbocycles. The number of likely N-dealkylation sites (tertiary alicyclic amines) is 1. The number of hydrogen-bond donors (Lipinski definition) is 0. The molecule has 0 unspecified atom stereocenters. The molecular weight excluding hydrogens is 210 g/mol. The van der Waals surface area contributed by atoms with Gasteiger partial charge in [-0.25, -0.2) is 0 Å². The molecule has 0 radical (unpaired) electrons. The lowest BCUT2D eigenvalue weighted by molar-refractivity contribution is 0.209. The highest BCUT2D eigenvalue weighted by molar-refractivity contribution is 6.80. The van der Waals surface area contributed by atoms with Crippen molar-refractivity contribution in [3.05, 3.63) is 12.2 Å². The minimum atomic E-state index is -1.07. The standard InChI is InChI=1S/C14H29NSi/c1-5-10-16(11-6-2,12-14(3)4)13-15-8-7-9-15/h3,5-13H2,1-2,4H3. The molecular formula is C14H29NSi. The summed E-state index contributed by atoms with van der Waals surface area (Å²) < 4.78 is 0. The molecule has 1 saturated heterocycles. The molecule has 0 N–H and O–H groups in total. The largest absolute Gasteiger partial charge is 0.306 e. The molecule has 0 atom stereocenters. The minimum absolute atomic E-state index is 1.07. The summed E-state index contributed by atoms with van der Waals surface area (Å²) in [5.74, 6) is 0. The first kappa shape index (κ1) is 14.0. The molecule has 0 aromatic heterocycles. The Balaban J connectivity index is 2.62. The maximum Gasteiger partial charge on any atom is 0.0729 e. The van der Waals surface area contributed by atoms with E-state index in [2.05, 4.69) is 32.3 Å². The topological polar surface area (TPSA) is 3.24 Å². The van der Waals surface area contributed by atoms with Crippen molar-refractivity contribution < 1.29 is 0 Å². The average Bonchev–Trinajstić information content (AvgIpc) is 2.11. The molecule has 0 aromatic carbocycles. The van der Waals surface area contributed by atoms with Crippen molar-refractivity contribution in [1.29, 1.82) is 0 Å². The molecule has 1 aliphatic heterocycles. The van der Waals surface area contributed by atoms with Crippen molar-refractivity contribution in [3.63, 3.8) is 0 Å². The molecule has 0 aromatic rings. The maximum atomic E-state index is 4.17. The van der Waals surface area contributed by atoms with E-state index >= 15 is 0 Å². The van der Waals surface area contributed by atoms with Crippen LogP contribution in [-0.2, 0) is 0 Å². The second-order valence-corrected chi connectivity index (χ2v) is 10.4. The highest BCUT2D eigenvalue weighted by atomic mass is 28.3. The second kappa shape index (κ2) is 6.60. The molecule has 0 spiro atoms. The van der Waals surface area contributed by atoms with Gasteiger partial charge in [-0.2, -0.15) is 0 Å². The van der Waals surface area contributed by atoms with Gasteiger partial charge in [-0.05, 0) is 38.6 Å². The molecule has 1 fully saturated rings. The zero-order valence-corrected chi connectivity index (χ0v) is 12.5. The van der Waals surface area contributed by atoms with Gasteiger partial charge in [0.2, 0.25) is 0 Å². The Kier molecular flexibility index (Phi) is 5.77. The van der Waals surface area contributed by atoms with Crippen LogP contribution >= 0.6 is 0 Å². The van der Waals surface area contributed by atoms with E-state index in [0.29, 0.717) is 0 Å². The smallest absolute Gasteiger partial charge is 0.0729 e. The van der Waals surface area contributed by atoms with Crippen molar-refractivity contribution in [2.45, 2.75) is 58.2 Å². The Morgan fingerprint density at radius 3 is 2.06 bits per heavy atom. The number of allylic oxidation sites excluding steroid dienone is 1. The summed E-state index contributed by atoms with van der Waals surface area (Å²) >= 11 is 0. The van der Waals surface area contributed by atoms with E-state index in [0.717, 1.165) is 0 Å². The van der Waals surface area contributed by atoms with E-state index in [4.69, 9.17) is 0 Å². The molecule has 1 nitrogen and oxygen atoms in total. The first-order chi connectivity index (χ1) is 7.62. The van der Waals surface area contributed by atoms with E-state index in [-0.39, 0.29) is 0 Å². The monoisotopic (exact) mass is 239 g/mol. The lowest BCUT2D eigenvalue weighted by atomic mass is 10.2. The van der Waals surface area contributed by atoms with Gasteiger partial charge < -0.3 is 4.90 Å². The van der Waals surface area contributed by atoms with E-state index in [1.165, 1.54) is 62.2 Å². The van der Waals surface area contributed by atoms with Crippen LogP contribution in [0.15, 0.2) is 12.2 Å². The zero-order valence-electron chi connectivity index (χ0n) is 11.5. The Hall–Kier alpha value is -0.0831. The van der Waals surface area contributed by atoms with E-state index in [9.17, 15) is 0 Å². The Bertz CT molecular complexity index is 215. The van der Waals surface area contributed by atoms with Gasteiger partial charge in [0.25, 0.3) is 0 Å². The summed E-state index contributed by atoms with van der Waals surface area (Å²) in [7, 11) is -1.07. The third-order valence-corrected chi connectivity index (χ3v) is 9.34. The lowest BCUT2D eigenvalue weighted by Crippen LogP contribution is -2.51. The van der Waals surface area contributed by atoms with Crippen LogP contribution < -0.4 is 0 Å². The minimum Gasteiger partial charge on any atom is -0.306 e. The molecule has 2 heteroatoms. The van der Waals surface area contributed by atoms with Crippen molar-refractivity contribution in [1.82, 2.24) is 4.90 Å².